The van der Waals surface area contributed by atoms with Crippen LogP contribution in [0.2, 0.25) is 0 Å². The predicted octanol–water partition coefficient (Wildman–Crippen LogP) is -1.91. The molecule has 2 radical (unpaired) electrons. The molecular weight excluding hydrogens is 122 g/mol. The zero-order valence-corrected chi connectivity index (χ0v) is 5.62. The summed E-state index contributed by atoms with van der Waals surface area (Å²) in [6, 6.07) is 7.68. The van der Waals surface area contributed by atoms with Gasteiger partial charge in [0.15, 0.2) is 0 Å². The minimum absolute atomic E-state index is 0.985. The maximum absolute atomic E-state index is 5.29. The van der Waals surface area contributed by atoms with Crippen molar-refractivity contribution in [2.75, 3.05) is 0 Å². The number of hydrogen-bond donors (Lipinski definition) is 2. The summed E-state index contributed by atoms with van der Waals surface area (Å²) in [5.41, 5.74) is 12.6. The van der Waals surface area contributed by atoms with Gasteiger partial charge in [-0.25, -0.2) is 0 Å². The molecule has 0 aromatic heterocycles. The SMILES string of the molecule is N[B]c1cccc([B]N)c1. The van der Waals surface area contributed by atoms with Gasteiger partial charge in [-0.1, -0.05) is 35.2 Å². The summed E-state index contributed by atoms with van der Waals surface area (Å²) < 4.78 is 0. The molecule has 0 aliphatic heterocycles. The van der Waals surface area contributed by atoms with E-state index < -0.39 is 0 Å². The first-order valence-corrected chi connectivity index (χ1v) is 3.07. The van der Waals surface area contributed by atoms with Crippen LogP contribution in [0, 0.1) is 0 Å². The third-order valence-corrected chi connectivity index (χ3v) is 1.30. The molecule has 10 heavy (non-hydrogen) atoms. The third kappa shape index (κ3) is 1.62. The average Bonchev–Trinajstić information content (AvgIpc) is 2.05. The molecule has 0 bridgehead atoms. The van der Waals surface area contributed by atoms with Gasteiger partial charge in [-0.05, 0) is 0 Å². The smallest absolute Gasteiger partial charge is 0.241 e. The van der Waals surface area contributed by atoms with Crippen LogP contribution < -0.4 is 22.2 Å². The van der Waals surface area contributed by atoms with Crippen LogP contribution in [-0.2, 0) is 0 Å². The van der Waals surface area contributed by atoms with Crippen LogP contribution in [-0.4, -0.2) is 14.8 Å². The van der Waals surface area contributed by atoms with Crippen molar-refractivity contribution >= 4 is 25.8 Å². The van der Waals surface area contributed by atoms with E-state index in [0.29, 0.717) is 0 Å². The fourth-order valence-electron chi connectivity index (χ4n) is 0.766. The first-order valence-electron chi connectivity index (χ1n) is 3.07. The standard InChI is InChI=1S/C6H8B2N2/c9-7-5-2-1-3-6(4-5)8-10/h1-4H,9-10H2. The van der Waals surface area contributed by atoms with E-state index in [9.17, 15) is 0 Å². The van der Waals surface area contributed by atoms with Crippen LogP contribution >= 0.6 is 0 Å². The zero-order chi connectivity index (χ0) is 7.40. The van der Waals surface area contributed by atoms with E-state index in [2.05, 4.69) is 0 Å². The van der Waals surface area contributed by atoms with Gasteiger partial charge in [-0.15, -0.1) is 0 Å². The van der Waals surface area contributed by atoms with Crippen LogP contribution in [0.3, 0.4) is 0 Å². The molecule has 0 fully saturated rings. The molecule has 0 heterocycles. The van der Waals surface area contributed by atoms with Crippen molar-refractivity contribution < 1.29 is 0 Å². The topological polar surface area (TPSA) is 52.0 Å². The van der Waals surface area contributed by atoms with Crippen molar-refractivity contribution in [1.29, 1.82) is 0 Å². The second kappa shape index (κ2) is 3.44. The van der Waals surface area contributed by atoms with Gasteiger partial charge >= 0.3 is 0 Å². The summed E-state index contributed by atoms with van der Waals surface area (Å²) >= 11 is 0. The molecule has 4 N–H and O–H groups in total. The normalized spacial score (nSPS) is 9.00. The lowest BCUT2D eigenvalue weighted by molar-refractivity contribution is 1.77. The predicted molar refractivity (Wildman–Crippen MR) is 45.6 cm³/mol. The summed E-state index contributed by atoms with van der Waals surface area (Å²) in [7, 11) is 3.10. The van der Waals surface area contributed by atoms with Crippen molar-refractivity contribution in [1.82, 2.24) is 0 Å². The van der Waals surface area contributed by atoms with E-state index >= 15 is 0 Å². The molecule has 2 nitrogen and oxygen atoms in total. The quantitative estimate of drug-likeness (QED) is 0.459. The molecule has 0 spiro atoms. The Kier molecular flexibility index (Phi) is 2.54. The summed E-state index contributed by atoms with van der Waals surface area (Å²) in [6.45, 7) is 0. The Balaban J connectivity index is 2.87. The van der Waals surface area contributed by atoms with E-state index in [4.69, 9.17) is 11.3 Å². The Morgan fingerprint density at radius 3 is 1.90 bits per heavy atom. The maximum atomic E-state index is 5.29. The van der Waals surface area contributed by atoms with Crippen LogP contribution in [0.15, 0.2) is 24.3 Å². The molecule has 1 rings (SSSR count). The number of hydrogen-bond acceptors (Lipinski definition) is 2. The van der Waals surface area contributed by atoms with E-state index in [1.165, 1.54) is 0 Å². The number of rotatable bonds is 2. The van der Waals surface area contributed by atoms with Gasteiger partial charge in [-0.3, -0.25) is 0 Å². The van der Waals surface area contributed by atoms with Crippen LogP contribution in [0.4, 0.5) is 0 Å². The molecule has 4 heteroatoms. The molecule has 0 aliphatic carbocycles. The Bertz CT molecular complexity index is 195. The molecular formula is C6H8B2N2. The minimum atomic E-state index is 0.985. The highest BCUT2D eigenvalue weighted by molar-refractivity contribution is 6.54. The monoisotopic (exact) mass is 130 g/mol. The largest absolute Gasteiger partial charge is 0.370 e. The van der Waals surface area contributed by atoms with E-state index in [-0.39, 0.29) is 0 Å². The van der Waals surface area contributed by atoms with Gasteiger partial charge in [0, 0.05) is 0 Å². The summed E-state index contributed by atoms with van der Waals surface area (Å²) in [4.78, 5) is 0. The summed E-state index contributed by atoms with van der Waals surface area (Å²) in [6.07, 6.45) is 0. The highest BCUT2D eigenvalue weighted by atomic mass is 14.4. The van der Waals surface area contributed by atoms with Crippen LogP contribution in [0.1, 0.15) is 0 Å². The molecule has 0 atom stereocenters. The zero-order valence-electron chi connectivity index (χ0n) is 5.62. The van der Waals surface area contributed by atoms with Gasteiger partial charge in [0.2, 0.25) is 14.8 Å². The van der Waals surface area contributed by atoms with Gasteiger partial charge in [0.05, 0.1) is 0 Å². The molecule has 1 aromatic rings. The summed E-state index contributed by atoms with van der Waals surface area (Å²) in [5, 5.41) is 0. The Morgan fingerprint density at radius 1 is 1.00 bits per heavy atom. The summed E-state index contributed by atoms with van der Waals surface area (Å²) in [5.74, 6) is 0. The van der Waals surface area contributed by atoms with Gasteiger partial charge in [0.25, 0.3) is 0 Å². The lowest BCUT2D eigenvalue weighted by Crippen LogP contribution is -2.30. The van der Waals surface area contributed by atoms with Gasteiger partial charge < -0.3 is 11.3 Å². The first kappa shape index (κ1) is 7.38. The van der Waals surface area contributed by atoms with Crippen molar-refractivity contribution in [3.8, 4) is 0 Å². The first-order chi connectivity index (χ1) is 4.86. The number of benzene rings is 1. The van der Waals surface area contributed by atoms with E-state index in [1.54, 1.807) is 14.8 Å². The lowest BCUT2D eigenvalue weighted by Gasteiger charge is -1.96. The van der Waals surface area contributed by atoms with Crippen molar-refractivity contribution in [2.45, 2.75) is 0 Å². The van der Waals surface area contributed by atoms with Crippen molar-refractivity contribution in [3.05, 3.63) is 24.3 Å². The Morgan fingerprint density at radius 2 is 1.50 bits per heavy atom. The molecule has 0 amide bonds. The molecule has 0 saturated carbocycles. The molecule has 1 aromatic carbocycles. The highest BCUT2D eigenvalue weighted by Crippen LogP contribution is 1.75. The third-order valence-electron chi connectivity index (χ3n) is 1.30. The van der Waals surface area contributed by atoms with Gasteiger partial charge in [-0.2, -0.15) is 0 Å². The average molecular weight is 130 g/mol. The van der Waals surface area contributed by atoms with E-state index in [1.807, 2.05) is 24.3 Å². The Hall–Kier alpha value is -0.730. The maximum Gasteiger partial charge on any atom is 0.241 e. The second-order valence-electron chi connectivity index (χ2n) is 2.00. The molecule has 48 valence electrons. The van der Waals surface area contributed by atoms with Crippen molar-refractivity contribution in [3.63, 3.8) is 0 Å². The minimum Gasteiger partial charge on any atom is -0.370 e. The van der Waals surface area contributed by atoms with E-state index in [0.717, 1.165) is 10.9 Å². The van der Waals surface area contributed by atoms with Crippen LogP contribution in [0.5, 0.6) is 0 Å². The molecule has 0 saturated heterocycles. The number of nitrogens with two attached hydrogens (primary N) is 2. The Labute approximate surface area is 62.1 Å². The fraction of sp³-hybridized carbons (Fsp3) is 0. The lowest BCUT2D eigenvalue weighted by atomic mass is 9.77. The van der Waals surface area contributed by atoms with Gasteiger partial charge in [0.1, 0.15) is 0 Å². The molecule has 0 aliphatic rings. The van der Waals surface area contributed by atoms with Crippen molar-refractivity contribution in [2.24, 2.45) is 11.3 Å². The van der Waals surface area contributed by atoms with Crippen LogP contribution in [0.25, 0.3) is 0 Å². The second-order valence-corrected chi connectivity index (χ2v) is 2.00. The highest BCUT2D eigenvalue weighted by Gasteiger charge is 1.92. The fourth-order valence-corrected chi connectivity index (χ4v) is 0.766. The molecule has 0 unspecified atom stereocenters.